The van der Waals surface area contributed by atoms with Gasteiger partial charge in [0.05, 0.1) is 12.7 Å². The number of hydrogen-bond acceptors (Lipinski definition) is 3. The molecule has 4 heteroatoms. The van der Waals surface area contributed by atoms with Gasteiger partial charge < -0.3 is 4.74 Å². The minimum Gasteiger partial charge on any atom is -0.447 e. The van der Waals surface area contributed by atoms with E-state index in [0.717, 1.165) is 13.2 Å². The van der Waals surface area contributed by atoms with E-state index in [2.05, 4.69) is 4.90 Å². The van der Waals surface area contributed by atoms with Gasteiger partial charge in [0, 0.05) is 6.54 Å². The SMILES string of the molecule is CN1CC2COC(=O)N2C1. The van der Waals surface area contributed by atoms with Crippen LogP contribution in [0.1, 0.15) is 0 Å². The van der Waals surface area contributed by atoms with Crippen LogP contribution in [0.3, 0.4) is 0 Å². The Labute approximate surface area is 59.3 Å². The Morgan fingerprint density at radius 2 is 2.50 bits per heavy atom. The molecule has 1 atom stereocenters. The molecule has 2 saturated heterocycles. The Bertz CT molecular complexity index is 171. The molecule has 0 aliphatic carbocycles. The molecule has 4 nitrogen and oxygen atoms in total. The van der Waals surface area contributed by atoms with Crippen LogP contribution in [0.25, 0.3) is 0 Å². The topological polar surface area (TPSA) is 32.8 Å². The van der Waals surface area contributed by atoms with Crippen molar-refractivity contribution in [2.24, 2.45) is 0 Å². The molecule has 2 rings (SSSR count). The molecular formula is C6H10N2O2. The van der Waals surface area contributed by atoms with Crippen molar-refractivity contribution in [2.45, 2.75) is 6.04 Å². The second kappa shape index (κ2) is 1.85. The van der Waals surface area contributed by atoms with Gasteiger partial charge in [-0.3, -0.25) is 9.80 Å². The van der Waals surface area contributed by atoms with Gasteiger partial charge in [0.25, 0.3) is 0 Å². The van der Waals surface area contributed by atoms with Crippen LogP contribution in [-0.4, -0.2) is 48.8 Å². The van der Waals surface area contributed by atoms with E-state index in [1.165, 1.54) is 0 Å². The molecule has 0 aromatic heterocycles. The van der Waals surface area contributed by atoms with Crippen molar-refractivity contribution in [3.05, 3.63) is 0 Å². The van der Waals surface area contributed by atoms with Crippen LogP contribution in [0.2, 0.25) is 0 Å². The first-order valence-corrected chi connectivity index (χ1v) is 3.39. The number of ether oxygens (including phenoxy) is 1. The summed E-state index contributed by atoms with van der Waals surface area (Å²) in [6, 6.07) is 0.317. The van der Waals surface area contributed by atoms with Crippen molar-refractivity contribution in [3.8, 4) is 0 Å². The van der Waals surface area contributed by atoms with Gasteiger partial charge in [-0.2, -0.15) is 0 Å². The predicted molar refractivity (Wildman–Crippen MR) is 34.5 cm³/mol. The molecule has 0 bridgehead atoms. The molecule has 0 N–H and O–H groups in total. The van der Waals surface area contributed by atoms with Crippen LogP contribution in [0.15, 0.2) is 0 Å². The summed E-state index contributed by atoms with van der Waals surface area (Å²) in [7, 11) is 2.01. The molecule has 0 aromatic rings. The zero-order chi connectivity index (χ0) is 7.14. The van der Waals surface area contributed by atoms with Crippen LogP contribution < -0.4 is 0 Å². The van der Waals surface area contributed by atoms with E-state index < -0.39 is 0 Å². The number of amides is 1. The summed E-state index contributed by atoms with van der Waals surface area (Å²) in [6.07, 6.45) is -0.158. The number of likely N-dealkylation sites (N-methyl/N-ethyl adjacent to an activating group) is 1. The lowest BCUT2D eigenvalue weighted by molar-refractivity contribution is 0.150. The van der Waals surface area contributed by atoms with Gasteiger partial charge in [0.15, 0.2) is 0 Å². The fourth-order valence-corrected chi connectivity index (χ4v) is 1.49. The summed E-state index contributed by atoms with van der Waals surface area (Å²) in [6.45, 7) is 2.25. The van der Waals surface area contributed by atoms with Gasteiger partial charge in [0.2, 0.25) is 0 Å². The number of hydrogen-bond donors (Lipinski definition) is 0. The van der Waals surface area contributed by atoms with Crippen LogP contribution in [0.4, 0.5) is 4.79 Å². The van der Waals surface area contributed by atoms with E-state index in [1.807, 2.05) is 7.05 Å². The Morgan fingerprint density at radius 3 is 3.20 bits per heavy atom. The Balaban J connectivity index is 2.12. The molecule has 0 spiro atoms. The highest BCUT2D eigenvalue weighted by Gasteiger charge is 2.38. The highest BCUT2D eigenvalue weighted by molar-refractivity contribution is 5.70. The van der Waals surface area contributed by atoms with Crippen molar-refractivity contribution >= 4 is 6.09 Å². The summed E-state index contributed by atoms with van der Waals surface area (Å²) in [4.78, 5) is 14.8. The summed E-state index contributed by atoms with van der Waals surface area (Å²) in [5.74, 6) is 0. The molecule has 2 heterocycles. The van der Waals surface area contributed by atoms with Gasteiger partial charge >= 0.3 is 6.09 Å². The van der Waals surface area contributed by atoms with Crippen molar-refractivity contribution in [2.75, 3.05) is 26.9 Å². The summed E-state index contributed by atoms with van der Waals surface area (Å²) in [5.41, 5.74) is 0. The molecule has 0 aromatic carbocycles. The van der Waals surface area contributed by atoms with E-state index in [-0.39, 0.29) is 6.09 Å². The number of carbonyl (C=O) groups is 1. The van der Waals surface area contributed by atoms with Crippen molar-refractivity contribution in [1.29, 1.82) is 0 Å². The minimum atomic E-state index is -0.158. The van der Waals surface area contributed by atoms with Crippen LogP contribution in [0.5, 0.6) is 0 Å². The number of cyclic esters (lactones) is 1. The van der Waals surface area contributed by atoms with E-state index in [9.17, 15) is 4.79 Å². The molecule has 2 aliphatic heterocycles. The highest BCUT2D eigenvalue weighted by atomic mass is 16.6. The maximum absolute atomic E-state index is 10.9. The summed E-state index contributed by atoms with van der Waals surface area (Å²) in [5, 5.41) is 0. The van der Waals surface area contributed by atoms with E-state index in [4.69, 9.17) is 4.74 Å². The molecule has 1 amide bonds. The lowest BCUT2D eigenvalue weighted by atomic mass is 10.3. The Morgan fingerprint density at radius 1 is 1.70 bits per heavy atom. The molecule has 0 saturated carbocycles. The van der Waals surface area contributed by atoms with E-state index in [0.29, 0.717) is 12.6 Å². The molecule has 56 valence electrons. The second-order valence-electron chi connectivity index (χ2n) is 2.88. The quantitative estimate of drug-likeness (QED) is 0.466. The summed E-state index contributed by atoms with van der Waals surface area (Å²) < 4.78 is 4.83. The van der Waals surface area contributed by atoms with E-state index >= 15 is 0 Å². The van der Waals surface area contributed by atoms with Crippen molar-refractivity contribution in [3.63, 3.8) is 0 Å². The van der Waals surface area contributed by atoms with Gasteiger partial charge in [-0.1, -0.05) is 0 Å². The molecule has 1 unspecified atom stereocenters. The first-order chi connectivity index (χ1) is 4.77. The lowest BCUT2D eigenvalue weighted by Gasteiger charge is -2.09. The van der Waals surface area contributed by atoms with E-state index in [1.54, 1.807) is 4.90 Å². The molecular weight excluding hydrogens is 132 g/mol. The number of fused-ring (bicyclic) bond motifs is 1. The van der Waals surface area contributed by atoms with Gasteiger partial charge in [-0.05, 0) is 7.05 Å². The minimum absolute atomic E-state index is 0.158. The maximum atomic E-state index is 10.9. The monoisotopic (exact) mass is 142 g/mol. The third-order valence-electron chi connectivity index (χ3n) is 1.99. The third-order valence-corrected chi connectivity index (χ3v) is 1.99. The van der Waals surface area contributed by atoms with Gasteiger partial charge in [0.1, 0.15) is 6.61 Å². The van der Waals surface area contributed by atoms with Crippen LogP contribution in [-0.2, 0) is 4.74 Å². The Hall–Kier alpha value is -0.770. The molecule has 10 heavy (non-hydrogen) atoms. The van der Waals surface area contributed by atoms with Crippen LogP contribution >= 0.6 is 0 Å². The number of nitrogens with zero attached hydrogens (tertiary/aromatic N) is 2. The fourth-order valence-electron chi connectivity index (χ4n) is 1.49. The molecule has 0 radical (unpaired) electrons. The first kappa shape index (κ1) is 5.97. The Kier molecular flexibility index (Phi) is 1.11. The molecule has 2 fully saturated rings. The zero-order valence-electron chi connectivity index (χ0n) is 5.91. The number of rotatable bonds is 0. The largest absolute Gasteiger partial charge is 0.447 e. The second-order valence-corrected chi connectivity index (χ2v) is 2.88. The predicted octanol–water partition coefficient (Wildman–Crippen LogP) is -0.290. The lowest BCUT2D eigenvalue weighted by Crippen LogP contribution is -2.28. The number of carbonyl (C=O) groups excluding carboxylic acids is 1. The normalized spacial score (nSPS) is 32.7. The molecule has 2 aliphatic rings. The van der Waals surface area contributed by atoms with Crippen molar-refractivity contribution in [1.82, 2.24) is 9.80 Å². The van der Waals surface area contributed by atoms with Crippen LogP contribution in [0, 0.1) is 0 Å². The standard InChI is InChI=1S/C6H10N2O2/c1-7-2-5-3-10-6(9)8(5)4-7/h5H,2-4H2,1H3. The average molecular weight is 142 g/mol. The average Bonchev–Trinajstić information content (AvgIpc) is 2.35. The maximum Gasteiger partial charge on any atom is 0.411 e. The zero-order valence-corrected chi connectivity index (χ0v) is 5.91. The fraction of sp³-hybridized carbons (Fsp3) is 0.833. The van der Waals surface area contributed by atoms with Gasteiger partial charge in [-0.15, -0.1) is 0 Å². The highest BCUT2D eigenvalue weighted by Crippen LogP contribution is 2.18. The van der Waals surface area contributed by atoms with Crippen molar-refractivity contribution < 1.29 is 9.53 Å². The first-order valence-electron chi connectivity index (χ1n) is 3.39. The summed E-state index contributed by atoms with van der Waals surface area (Å²) >= 11 is 0. The third kappa shape index (κ3) is 0.686. The smallest absolute Gasteiger partial charge is 0.411 e. The van der Waals surface area contributed by atoms with Gasteiger partial charge in [-0.25, -0.2) is 4.79 Å².